The van der Waals surface area contributed by atoms with Crippen molar-refractivity contribution in [2.45, 2.75) is 59.0 Å². The van der Waals surface area contributed by atoms with E-state index in [2.05, 4.69) is 26.8 Å². The van der Waals surface area contributed by atoms with Crippen molar-refractivity contribution in [3.63, 3.8) is 0 Å². The molecule has 3 aliphatic rings. The van der Waals surface area contributed by atoms with E-state index in [1.54, 1.807) is 0 Å². The molecule has 0 aromatic heterocycles. The highest BCUT2D eigenvalue weighted by molar-refractivity contribution is 5.90. The van der Waals surface area contributed by atoms with E-state index in [1.165, 1.54) is 12.7 Å². The topological polar surface area (TPSA) is 55.8 Å². The second-order valence-corrected chi connectivity index (χ2v) is 8.56. The summed E-state index contributed by atoms with van der Waals surface area (Å²) in [5.41, 5.74) is 1.64. The first-order valence-corrected chi connectivity index (χ1v) is 9.56. The van der Waals surface area contributed by atoms with Crippen LogP contribution >= 0.6 is 0 Å². The number of esters is 1. The molecule has 5 atom stereocenters. The van der Waals surface area contributed by atoms with Crippen molar-refractivity contribution >= 4 is 5.97 Å². The standard InChI is InChI=1S/C21H32O4/c1-14-12-18(22)21(3)16(19(23)24-4)6-5-7-17(21)20(14,2)10-8-15-9-11-25-13-15/h6,9,14,17-18,22H,5,7-8,10-13H2,1-4H3/t14-,17-,18+,20+,21+/m1/s1. The summed E-state index contributed by atoms with van der Waals surface area (Å²) < 4.78 is 10.5. The Morgan fingerprint density at radius 1 is 1.40 bits per heavy atom. The largest absolute Gasteiger partial charge is 0.466 e. The maximum absolute atomic E-state index is 12.4. The predicted molar refractivity (Wildman–Crippen MR) is 97.0 cm³/mol. The molecule has 4 nitrogen and oxygen atoms in total. The zero-order chi connectivity index (χ0) is 18.2. The molecule has 0 aromatic rings. The minimum atomic E-state index is -0.521. The Morgan fingerprint density at radius 3 is 2.80 bits per heavy atom. The lowest BCUT2D eigenvalue weighted by Crippen LogP contribution is -2.57. The summed E-state index contributed by atoms with van der Waals surface area (Å²) in [5.74, 6) is 0.413. The maximum Gasteiger partial charge on any atom is 0.334 e. The molecule has 140 valence electrons. The first-order chi connectivity index (χ1) is 11.8. The van der Waals surface area contributed by atoms with E-state index in [0.29, 0.717) is 11.5 Å². The molecular formula is C21H32O4. The Bertz CT molecular complexity index is 593. The summed E-state index contributed by atoms with van der Waals surface area (Å²) in [4.78, 5) is 12.4. The molecule has 0 amide bonds. The van der Waals surface area contributed by atoms with E-state index in [-0.39, 0.29) is 17.3 Å². The van der Waals surface area contributed by atoms with Gasteiger partial charge in [0.2, 0.25) is 0 Å². The molecule has 1 aliphatic heterocycles. The lowest BCUT2D eigenvalue weighted by Gasteiger charge is -2.59. The third kappa shape index (κ3) is 2.97. The van der Waals surface area contributed by atoms with E-state index >= 15 is 0 Å². The molecule has 0 aromatic carbocycles. The number of carbonyl (C=O) groups excluding carboxylic acids is 1. The molecular weight excluding hydrogens is 316 g/mol. The molecule has 1 saturated carbocycles. The van der Waals surface area contributed by atoms with Crippen LogP contribution < -0.4 is 0 Å². The normalized spacial score (nSPS) is 40.9. The average Bonchev–Trinajstić information content (AvgIpc) is 3.11. The molecule has 2 aliphatic carbocycles. The van der Waals surface area contributed by atoms with Crippen molar-refractivity contribution in [3.05, 3.63) is 23.3 Å². The Morgan fingerprint density at radius 2 is 2.16 bits per heavy atom. The predicted octanol–water partition coefficient (Wildman–Crippen LogP) is 3.65. The highest BCUT2D eigenvalue weighted by atomic mass is 16.5. The highest BCUT2D eigenvalue weighted by Gasteiger charge is 2.59. The average molecular weight is 348 g/mol. The van der Waals surface area contributed by atoms with Gasteiger partial charge in [0.15, 0.2) is 0 Å². The monoisotopic (exact) mass is 348 g/mol. The second-order valence-electron chi connectivity index (χ2n) is 8.56. The third-order valence-corrected chi connectivity index (χ3v) is 7.47. The Kier molecular flexibility index (Phi) is 5.13. The summed E-state index contributed by atoms with van der Waals surface area (Å²) in [6, 6.07) is 0. The van der Waals surface area contributed by atoms with Crippen molar-refractivity contribution < 1.29 is 19.4 Å². The van der Waals surface area contributed by atoms with Crippen LogP contribution in [0.1, 0.15) is 52.9 Å². The minimum absolute atomic E-state index is 0.0882. The van der Waals surface area contributed by atoms with Crippen LogP contribution in [0.2, 0.25) is 0 Å². The van der Waals surface area contributed by atoms with Crippen LogP contribution in [0.3, 0.4) is 0 Å². The summed E-state index contributed by atoms with van der Waals surface area (Å²) in [6.45, 7) is 8.19. The van der Waals surface area contributed by atoms with Crippen LogP contribution in [0.4, 0.5) is 0 Å². The van der Waals surface area contributed by atoms with E-state index < -0.39 is 11.5 Å². The van der Waals surface area contributed by atoms with Gasteiger partial charge in [0.1, 0.15) is 0 Å². The van der Waals surface area contributed by atoms with Gasteiger partial charge in [-0.15, -0.1) is 0 Å². The molecule has 0 bridgehead atoms. The van der Waals surface area contributed by atoms with Crippen molar-refractivity contribution in [2.24, 2.45) is 22.7 Å². The van der Waals surface area contributed by atoms with Gasteiger partial charge in [-0.25, -0.2) is 4.79 Å². The van der Waals surface area contributed by atoms with Gasteiger partial charge in [-0.2, -0.15) is 0 Å². The summed E-state index contributed by atoms with van der Waals surface area (Å²) in [6.07, 6.45) is 8.44. The van der Waals surface area contributed by atoms with Crippen LogP contribution in [0.5, 0.6) is 0 Å². The number of aliphatic hydroxyl groups excluding tert-OH is 1. The van der Waals surface area contributed by atoms with Gasteiger partial charge >= 0.3 is 5.97 Å². The van der Waals surface area contributed by atoms with E-state index in [9.17, 15) is 9.90 Å². The van der Waals surface area contributed by atoms with Crippen LogP contribution in [-0.2, 0) is 14.3 Å². The number of carbonyl (C=O) groups is 1. The number of fused-ring (bicyclic) bond motifs is 1. The third-order valence-electron chi connectivity index (χ3n) is 7.47. The molecule has 0 saturated heterocycles. The maximum atomic E-state index is 12.4. The number of allylic oxidation sites excluding steroid dienone is 1. The van der Waals surface area contributed by atoms with Gasteiger partial charge < -0.3 is 14.6 Å². The molecule has 0 spiro atoms. The summed E-state index contributed by atoms with van der Waals surface area (Å²) >= 11 is 0. The van der Waals surface area contributed by atoms with E-state index in [4.69, 9.17) is 9.47 Å². The summed E-state index contributed by atoms with van der Waals surface area (Å²) in [7, 11) is 1.43. The number of ether oxygens (including phenoxy) is 2. The molecule has 1 fully saturated rings. The lowest BCUT2D eigenvalue weighted by molar-refractivity contribution is -0.151. The molecule has 1 heterocycles. The van der Waals surface area contributed by atoms with Crippen molar-refractivity contribution in [1.82, 2.24) is 0 Å². The first-order valence-electron chi connectivity index (χ1n) is 9.56. The van der Waals surface area contributed by atoms with E-state index in [1.807, 2.05) is 6.08 Å². The fourth-order valence-corrected chi connectivity index (χ4v) is 5.58. The fraction of sp³-hybridized carbons (Fsp3) is 0.762. The number of hydrogen-bond donors (Lipinski definition) is 1. The van der Waals surface area contributed by atoms with Gasteiger partial charge in [-0.1, -0.05) is 32.9 Å². The van der Waals surface area contributed by atoms with Gasteiger partial charge in [-0.05, 0) is 54.9 Å². The number of methoxy groups -OCH3 is 1. The molecule has 0 radical (unpaired) electrons. The molecule has 0 unspecified atom stereocenters. The van der Waals surface area contributed by atoms with Crippen LogP contribution in [-0.4, -0.2) is 37.5 Å². The second kappa shape index (κ2) is 6.88. The number of rotatable bonds is 4. The Hall–Kier alpha value is -1.13. The molecule has 1 N–H and O–H groups in total. The quantitative estimate of drug-likeness (QED) is 0.622. The first kappa shape index (κ1) is 18.7. The van der Waals surface area contributed by atoms with Gasteiger partial charge in [0, 0.05) is 11.0 Å². The smallest absolute Gasteiger partial charge is 0.334 e. The van der Waals surface area contributed by atoms with Crippen molar-refractivity contribution in [2.75, 3.05) is 20.3 Å². The van der Waals surface area contributed by atoms with Crippen LogP contribution in [0.25, 0.3) is 0 Å². The SMILES string of the molecule is COC(=O)C1=CCC[C@@H]2[C@@](C)(CCC3=CCOC3)[C@H](C)C[C@H](O)[C@@]12C. The van der Waals surface area contributed by atoms with Crippen molar-refractivity contribution in [1.29, 1.82) is 0 Å². The van der Waals surface area contributed by atoms with Gasteiger partial charge in [0.25, 0.3) is 0 Å². The molecule has 3 rings (SSSR count). The fourth-order valence-electron chi connectivity index (χ4n) is 5.58. The highest BCUT2D eigenvalue weighted by Crippen LogP contribution is 2.62. The Labute approximate surface area is 151 Å². The molecule has 4 heteroatoms. The van der Waals surface area contributed by atoms with Gasteiger partial charge in [0.05, 0.1) is 26.4 Å². The molecule has 25 heavy (non-hydrogen) atoms. The van der Waals surface area contributed by atoms with Crippen molar-refractivity contribution in [3.8, 4) is 0 Å². The number of hydrogen-bond acceptors (Lipinski definition) is 4. The Balaban J connectivity index is 1.91. The van der Waals surface area contributed by atoms with Crippen LogP contribution in [0.15, 0.2) is 23.3 Å². The minimum Gasteiger partial charge on any atom is -0.466 e. The number of aliphatic hydroxyl groups is 1. The van der Waals surface area contributed by atoms with E-state index in [0.717, 1.165) is 45.3 Å². The van der Waals surface area contributed by atoms with Gasteiger partial charge in [-0.3, -0.25) is 0 Å². The lowest BCUT2D eigenvalue weighted by atomic mass is 9.45. The summed E-state index contributed by atoms with van der Waals surface area (Å²) in [5, 5.41) is 11.0. The zero-order valence-corrected chi connectivity index (χ0v) is 16.0. The van der Waals surface area contributed by atoms with Crippen LogP contribution in [0, 0.1) is 22.7 Å². The zero-order valence-electron chi connectivity index (χ0n) is 16.0.